The van der Waals surface area contributed by atoms with E-state index in [2.05, 4.69) is 0 Å². The molecule has 0 heterocycles. The Bertz CT molecular complexity index is 287. The fourth-order valence-corrected chi connectivity index (χ4v) is 1.25. The Morgan fingerprint density at radius 2 is 1.75 bits per heavy atom. The average molecular weight is 207 g/mol. The van der Waals surface area contributed by atoms with Crippen LogP contribution in [0.5, 0.6) is 11.5 Å². The van der Waals surface area contributed by atoms with Crippen LogP contribution in [0, 0.1) is 0 Å². The van der Waals surface area contributed by atoms with E-state index in [1.54, 1.807) is 19.2 Å². The van der Waals surface area contributed by atoms with Crippen LogP contribution in [-0.2, 0) is 0 Å². The first kappa shape index (κ1) is 9.49. The van der Waals surface area contributed by atoms with Gasteiger partial charge in [0.15, 0.2) is 11.5 Å². The Morgan fingerprint density at radius 1 is 1.08 bits per heavy atom. The Labute approximate surface area is 81.0 Å². The van der Waals surface area contributed by atoms with E-state index < -0.39 is 0 Å². The van der Waals surface area contributed by atoms with E-state index in [1.807, 2.05) is 0 Å². The lowest BCUT2D eigenvalue weighted by molar-refractivity contribution is 0.355. The Balaban J connectivity index is 3.25. The topological polar surface area (TPSA) is 18.5 Å². The van der Waals surface area contributed by atoms with Crippen LogP contribution in [0.25, 0.3) is 0 Å². The van der Waals surface area contributed by atoms with Crippen molar-refractivity contribution in [3.05, 3.63) is 22.2 Å². The first-order valence-corrected chi connectivity index (χ1v) is 4.02. The van der Waals surface area contributed by atoms with Gasteiger partial charge in [-0.3, -0.25) is 0 Å². The summed E-state index contributed by atoms with van der Waals surface area (Å²) in [6, 6.07) is 3.36. The van der Waals surface area contributed by atoms with Gasteiger partial charge >= 0.3 is 0 Å². The molecule has 0 N–H and O–H groups in total. The molecule has 0 saturated heterocycles. The van der Waals surface area contributed by atoms with Crippen LogP contribution in [0.1, 0.15) is 0 Å². The van der Waals surface area contributed by atoms with Gasteiger partial charge in [-0.2, -0.15) is 0 Å². The van der Waals surface area contributed by atoms with E-state index in [9.17, 15) is 0 Å². The normalized spacial score (nSPS) is 9.67. The summed E-state index contributed by atoms with van der Waals surface area (Å²) in [5.74, 6) is 1.04. The highest BCUT2D eigenvalue weighted by atomic mass is 35.5. The fourth-order valence-electron chi connectivity index (χ4n) is 0.865. The lowest BCUT2D eigenvalue weighted by Gasteiger charge is -2.09. The molecule has 0 aromatic heterocycles. The molecule has 0 unspecified atom stereocenters. The SMILES string of the molecule is COc1ccc(Cl)c(Cl)c1OC. The summed E-state index contributed by atoms with van der Waals surface area (Å²) in [5, 5.41) is 0.827. The van der Waals surface area contributed by atoms with Crippen LogP contribution in [0.3, 0.4) is 0 Å². The van der Waals surface area contributed by atoms with Crippen LogP contribution in [0.15, 0.2) is 12.1 Å². The molecule has 0 bridgehead atoms. The number of halogens is 2. The predicted octanol–water partition coefficient (Wildman–Crippen LogP) is 3.01. The van der Waals surface area contributed by atoms with Gasteiger partial charge in [-0.1, -0.05) is 23.2 Å². The molecule has 66 valence electrons. The second-order valence-electron chi connectivity index (χ2n) is 2.10. The molecule has 2 nitrogen and oxygen atoms in total. The number of benzene rings is 1. The lowest BCUT2D eigenvalue weighted by Crippen LogP contribution is -1.90. The van der Waals surface area contributed by atoms with E-state index in [1.165, 1.54) is 7.11 Å². The van der Waals surface area contributed by atoms with Gasteiger partial charge in [-0.15, -0.1) is 0 Å². The summed E-state index contributed by atoms with van der Waals surface area (Å²) in [5.41, 5.74) is 0. The van der Waals surface area contributed by atoms with Crippen molar-refractivity contribution in [2.75, 3.05) is 14.2 Å². The Morgan fingerprint density at radius 3 is 2.25 bits per heavy atom. The first-order chi connectivity index (χ1) is 5.70. The molecule has 0 saturated carbocycles. The summed E-state index contributed by atoms with van der Waals surface area (Å²) in [7, 11) is 3.06. The van der Waals surface area contributed by atoms with Crippen LogP contribution in [0.4, 0.5) is 0 Å². The predicted molar refractivity (Wildman–Crippen MR) is 49.6 cm³/mol. The zero-order chi connectivity index (χ0) is 9.14. The molecule has 0 aliphatic carbocycles. The summed E-state index contributed by atoms with van der Waals surface area (Å²) < 4.78 is 10.0. The highest BCUT2D eigenvalue weighted by Crippen LogP contribution is 2.39. The first-order valence-electron chi connectivity index (χ1n) is 3.26. The molecule has 1 aromatic carbocycles. The summed E-state index contributed by atoms with van der Waals surface area (Å²) >= 11 is 11.6. The molecule has 1 rings (SSSR count). The van der Waals surface area contributed by atoms with E-state index in [0.29, 0.717) is 21.5 Å². The van der Waals surface area contributed by atoms with Crippen molar-refractivity contribution in [1.29, 1.82) is 0 Å². The third-order valence-electron chi connectivity index (χ3n) is 1.44. The minimum atomic E-state index is 0.374. The van der Waals surface area contributed by atoms with Crippen molar-refractivity contribution >= 4 is 23.2 Å². The number of rotatable bonds is 2. The minimum Gasteiger partial charge on any atom is -0.493 e. The molecular formula is C8H8Cl2O2. The third-order valence-corrected chi connectivity index (χ3v) is 2.22. The highest BCUT2D eigenvalue weighted by molar-refractivity contribution is 6.43. The molecular weight excluding hydrogens is 199 g/mol. The molecule has 0 spiro atoms. The summed E-state index contributed by atoms with van der Waals surface area (Å²) in [6.07, 6.45) is 0. The monoisotopic (exact) mass is 206 g/mol. The maximum atomic E-state index is 5.84. The van der Waals surface area contributed by atoms with Crippen molar-refractivity contribution in [2.45, 2.75) is 0 Å². The Kier molecular flexibility index (Phi) is 3.06. The maximum Gasteiger partial charge on any atom is 0.180 e. The molecule has 0 aliphatic heterocycles. The minimum absolute atomic E-state index is 0.374. The zero-order valence-electron chi connectivity index (χ0n) is 6.73. The molecule has 0 aliphatic rings. The molecule has 4 heteroatoms. The van der Waals surface area contributed by atoms with Gasteiger partial charge in [-0.05, 0) is 12.1 Å². The van der Waals surface area contributed by atoms with Gasteiger partial charge in [0, 0.05) is 0 Å². The molecule has 12 heavy (non-hydrogen) atoms. The van der Waals surface area contributed by atoms with Gasteiger partial charge < -0.3 is 9.47 Å². The maximum absolute atomic E-state index is 5.84. The highest BCUT2D eigenvalue weighted by Gasteiger charge is 2.10. The summed E-state index contributed by atoms with van der Waals surface area (Å²) in [4.78, 5) is 0. The summed E-state index contributed by atoms with van der Waals surface area (Å²) in [6.45, 7) is 0. The van der Waals surface area contributed by atoms with Gasteiger partial charge in [0.1, 0.15) is 5.02 Å². The smallest absolute Gasteiger partial charge is 0.180 e. The van der Waals surface area contributed by atoms with E-state index in [-0.39, 0.29) is 0 Å². The number of hydrogen-bond donors (Lipinski definition) is 0. The van der Waals surface area contributed by atoms with E-state index in [0.717, 1.165) is 0 Å². The molecule has 0 amide bonds. The van der Waals surface area contributed by atoms with Crippen LogP contribution in [-0.4, -0.2) is 14.2 Å². The van der Waals surface area contributed by atoms with Crippen LogP contribution >= 0.6 is 23.2 Å². The molecule has 0 atom stereocenters. The van der Waals surface area contributed by atoms with Gasteiger partial charge in [-0.25, -0.2) is 0 Å². The second kappa shape index (κ2) is 3.87. The number of hydrogen-bond acceptors (Lipinski definition) is 2. The van der Waals surface area contributed by atoms with Crippen molar-refractivity contribution in [3.63, 3.8) is 0 Å². The molecule has 1 aromatic rings. The fraction of sp³-hybridized carbons (Fsp3) is 0.250. The lowest BCUT2D eigenvalue weighted by atomic mass is 10.3. The zero-order valence-corrected chi connectivity index (χ0v) is 8.24. The van der Waals surface area contributed by atoms with Gasteiger partial charge in [0.25, 0.3) is 0 Å². The second-order valence-corrected chi connectivity index (χ2v) is 2.88. The standard InChI is InChI=1S/C8H8Cl2O2/c1-11-6-4-3-5(9)7(10)8(6)12-2/h3-4H,1-2H3. The van der Waals surface area contributed by atoms with Crippen molar-refractivity contribution in [3.8, 4) is 11.5 Å². The van der Waals surface area contributed by atoms with Crippen molar-refractivity contribution < 1.29 is 9.47 Å². The average Bonchev–Trinajstić information content (AvgIpc) is 2.09. The largest absolute Gasteiger partial charge is 0.493 e. The molecule has 0 fully saturated rings. The van der Waals surface area contributed by atoms with Crippen molar-refractivity contribution in [2.24, 2.45) is 0 Å². The van der Waals surface area contributed by atoms with Crippen LogP contribution in [0.2, 0.25) is 10.0 Å². The van der Waals surface area contributed by atoms with E-state index in [4.69, 9.17) is 32.7 Å². The van der Waals surface area contributed by atoms with E-state index >= 15 is 0 Å². The Hall–Kier alpha value is -0.600. The number of methoxy groups -OCH3 is 2. The van der Waals surface area contributed by atoms with Crippen molar-refractivity contribution in [1.82, 2.24) is 0 Å². The number of ether oxygens (including phenoxy) is 2. The quantitative estimate of drug-likeness (QED) is 0.741. The molecule has 0 radical (unpaired) electrons. The van der Waals surface area contributed by atoms with Crippen LogP contribution < -0.4 is 9.47 Å². The third kappa shape index (κ3) is 1.59. The van der Waals surface area contributed by atoms with Gasteiger partial charge in [0.2, 0.25) is 0 Å². The van der Waals surface area contributed by atoms with Gasteiger partial charge in [0.05, 0.1) is 19.2 Å².